The van der Waals surface area contributed by atoms with Gasteiger partial charge in [-0.05, 0) is 43.9 Å². The number of imide groups is 1. The van der Waals surface area contributed by atoms with Crippen molar-refractivity contribution in [1.82, 2.24) is 10.2 Å². The van der Waals surface area contributed by atoms with Crippen molar-refractivity contribution in [2.24, 2.45) is 11.8 Å². The van der Waals surface area contributed by atoms with Crippen LogP contribution in [0.1, 0.15) is 52.9 Å². The van der Waals surface area contributed by atoms with Gasteiger partial charge >= 0.3 is 6.03 Å². The maximum Gasteiger partial charge on any atom is 0.325 e. The minimum absolute atomic E-state index is 0.108. The number of amides is 3. The molecule has 0 spiro atoms. The van der Waals surface area contributed by atoms with E-state index in [2.05, 4.69) is 19.2 Å². The maximum absolute atomic E-state index is 12.7. The highest BCUT2D eigenvalue weighted by Gasteiger charge is 2.58. The van der Waals surface area contributed by atoms with E-state index >= 15 is 0 Å². The summed E-state index contributed by atoms with van der Waals surface area (Å²) in [5, 5.41) is 12.7. The van der Waals surface area contributed by atoms with E-state index in [0.717, 1.165) is 19.3 Å². The lowest BCUT2D eigenvalue weighted by Crippen LogP contribution is -2.49. The molecule has 1 saturated heterocycles. The van der Waals surface area contributed by atoms with E-state index in [1.165, 1.54) is 4.90 Å². The molecule has 5 heteroatoms. The van der Waals surface area contributed by atoms with Gasteiger partial charge < -0.3 is 10.4 Å². The van der Waals surface area contributed by atoms with Crippen LogP contribution in [0, 0.1) is 11.8 Å². The minimum Gasteiger partial charge on any atom is -0.391 e. The van der Waals surface area contributed by atoms with Crippen molar-refractivity contribution in [2.75, 3.05) is 6.54 Å². The normalized spacial score (nSPS) is 28.1. The lowest BCUT2D eigenvalue weighted by molar-refractivity contribution is -0.133. The summed E-state index contributed by atoms with van der Waals surface area (Å²) in [6.07, 6.45) is 3.55. The van der Waals surface area contributed by atoms with Gasteiger partial charge in [-0.25, -0.2) is 4.79 Å². The van der Waals surface area contributed by atoms with Crippen LogP contribution < -0.4 is 5.32 Å². The number of hydrogen-bond acceptors (Lipinski definition) is 3. The highest BCUT2D eigenvalue weighted by molar-refractivity contribution is 6.07. The van der Waals surface area contributed by atoms with Crippen molar-refractivity contribution in [3.8, 4) is 0 Å². The molecule has 1 saturated carbocycles. The van der Waals surface area contributed by atoms with E-state index in [9.17, 15) is 14.7 Å². The van der Waals surface area contributed by atoms with Crippen LogP contribution in [0.4, 0.5) is 4.79 Å². The first-order valence-corrected chi connectivity index (χ1v) is 7.73. The molecule has 2 rings (SSSR count). The van der Waals surface area contributed by atoms with Gasteiger partial charge in [0, 0.05) is 0 Å². The third-order valence-corrected chi connectivity index (χ3v) is 4.46. The number of rotatable bonds is 7. The van der Waals surface area contributed by atoms with Crippen molar-refractivity contribution in [3.63, 3.8) is 0 Å². The zero-order valence-corrected chi connectivity index (χ0v) is 12.7. The SMILES string of the molecule is CC[C@H](O)CN1C(=O)N[C@](CCC(C)C)(C2CC2)C1=O. The van der Waals surface area contributed by atoms with Crippen LogP contribution in [0.15, 0.2) is 0 Å². The van der Waals surface area contributed by atoms with Crippen molar-refractivity contribution in [1.29, 1.82) is 0 Å². The molecule has 2 N–H and O–H groups in total. The van der Waals surface area contributed by atoms with Gasteiger partial charge in [-0.15, -0.1) is 0 Å². The Kier molecular flexibility index (Phi) is 4.37. The quantitative estimate of drug-likeness (QED) is 0.701. The fourth-order valence-electron chi connectivity index (χ4n) is 2.89. The second-order valence-electron chi connectivity index (χ2n) is 6.59. The summed E-state index contributed by atoms with van der Waals surface area (Å²) in [5.41, 5.74) is -0.700. The molecule has 0 bridgehead atoms. The van der Waals surface area contributed by atoms with Gasteiger partial charge in [-0.1, -0.05) is 20.8 Å². The number of aliphatic hydroxyl groups excluding tert-OH is 1. The number of nitrogens with one attached hydrogen (secondary N) is 1. The molecule has 0 unspecified atom stereocenters. The summed E-state index contributed by atoms with van der Waals surface area (Å²) in [7, 11) is 0. The van der Waals surface area contributed by atoms with Crippen molar-refractivity contribution in [2.45, 2.75) is 64.5 Å². The number of hydrogen-bond donors (Lipinski definition) is 2. The summed E-state index contributed by atoms with van der Waals surface area (Å²) in [6, 6.07) is -0.335. The maximum atomic E-state index is 12.7. The Bertz CT molecular complexity index is 393. The van der Waals surface area contributed by atoms with E-state index in [1.54, 1.807) is 0 Å². The molecule has 1 heterocycles. The fraction of sp³-hybridized carbons (Fsp3) is 0.867. The van der Waals surface area contributed by atoms with E-state index in [-0.39, 0.29) is 24.4 Å². The first kappa shape index (κ1) is 15.3. The molecular weight excluding hydrogens is 256 g/mol. The van der Waals surface area contributed by atoms with Crippen LogP contribution in [0.5, 0.6) is 0 Å². The number of urea groups is 1. The molecule has 0 aromatic heterocycles. The standard InChI is InChI=1S/C15H26N2O3/c1-4-12(18)9-17-13(19)15(11-5-6-11,16-14(17)20)8-7-10(2)3/h10-12,18H,4-9H2,1-3H3,(H,16,20)/t12-,15+/m0/s1. The monoisotopic (exact) mass is 282 g/mol. The van der Waals surface area contributed by atoms with Crippen LogP contribution in [0.2, 0.25) is 0 Å². The second kappa shape index (κ2) is 5.72. The van der Waals surface area contributed by atoms with Crippen LogP contribution in [-0.4, -0.2) is 40.1 Å². The molecule has 2 fully saturated rings. The van der Waals surface area contributed by atoms with Crippen molar-refractivity contribution >= 4 is 11.9 Å². The topological polar surface area (TPSA) is 69.6 Å². The van der Waals surface area contributed by atoms with Crippen LogP contribution in [-0.2, 0) is 4.79 Å². The molecule has 0 radical (unpaired) electrons. The summed E-state index contributed by atoms with van der Waals surface area (Å²) < 4.78 is 0. The van der Waals surface area contributed by atoms with Gasteiger partial charge in [-0.3, -0.25) is 9.69 Å². The van der Waals surface area contributed by atoms with Gasteiger partial charge in [0.15, 0.2) is 0 Å². The lowest BCUT2D eigenvalue weighted by atomic mass is 9.85. The molecule has 20 heavy (non-hydrogen) atoms. The Morgan fingerprint density at radius 3 is 2.55 bits per heavy atom. The fourth-order valence-corrected chi connectivity index (χ4v) is 2.89. The Morgan fingerprint density at radius 1 is 1.40 bits per heavy atom. The molecule has 1 aliphatic heterocycles. The predicted octanol–water partition coefficient (Wildman–Crippen LogP) is 1.89. The van der Waals surface area contributed by atoms with Gasteiger partial charge in [0.1, 0.15) is 5.54 Å². The van der Waals surface area contributed by atoms with Crippen LogP contribution in [0.3, 0.4) is 0 Å². The number of carbonyl (C=O) groups excluding carboxylic acids is 2. The molecule has 0 aromatic carbocycles. The first-order chi connectivity index (χ1) is 9.40. The molecular formula is C15H26N2O3. The van der Waals surface area contributed by atoms with Crippen LogP contribution >= 0.6 is 0 Å². The zero-order chi connectivity index (χ0) is 14.9. The third-order valence-electron chi connectivity index (χ3n) is 4.46. The van der Waals surface area contributed by atoms with Gasteiger partial charge in [0.25, 0.3) is 5.91 Å². The Morgan fingerprint density at radius 2 is 2.05 bits per heavy atom. The lowest BCUT2D eigenvalue weighted by Gasteiger charge is -2.27. The molecule has 114 valence electrons. The Balaban J connectivity index is 2.13. The zero-order valence-electron chi connectivity index (χ0n) is 12.7. The summed E-state index contributed by atoms with van der Waals surface area (Å²) in [5.74, 6) is 0.658. The van der Waals surface area contributed by atoms with E-state index in [1.807, 2.05) is 6.92 Å². The Labute approximate surface area is 120 Å². The number of nitrogens with zero attached hydrogens (tertiary/aromatic N) is 1. The number of carbonyl (C=O) groups is 2. The minimum atomic E-state index is -0.700. The summed E-state index contributed by atoms with van der Waals surface area (Å²) in [4.78, 5) is 26.0. The highest BCUT2D eigenvalue weighted by Crippen LogP contribution is 2.45. The van der Waals surface area contributed by atoms with E-state index in [0.29, 0.717) is 18.8 Å². The molecule has 5 nitrogen and oxygen atoms in total. The number of β-amino-alcohol motifs (C(OH)–C–C–N with tert-alkyl or cyclic N) is 1. The first-order valence-electron chi connectivity index (χ1n) is 7.73. The van der Waals surface area contributed by atoms with Gasteiger partial charge in [-0.2, -0.15) is 0 Å². The summed E-state index contributed by atoms with van der Waals surface area (Å²) in [6.45, 7) is 6.20. The molecule has 3 amide bonds. The second-order valence-corrected chi connectivity index (χ2v) is 6.59. The largest absolute Gasteiger partial charge is 0.391 e. The predicted molar refractivity (Wildman–Crippen MR) is 76.1 cm³/mol. The van der Waals surface area contributed by atoms with E-state index in [4.69, 9.17) is 0 Å². The number of aliphatic hydroxyl groups is 1. The average molecular weight is 282 g/mol. The molecule has 2 atom stereocenters. The van der Waals surface area contributed by atoms with Gasteiger partial charge in [0.05, 0.1) is 12.6 Å². The molecule has 0 aromatic rings. The van der Waals surface area contributed by atoms with Gasteiger partial charge in [0.2, 0.25) is 0 Å². The van der Waals surface area contributed by atoms with Crippen molar-refractivity contribution < 1.29 is 14.7 Å². The average Bonchev–Trinajstić information content (AvgIpc) is 3.20. The summed E-state index contributed by atoms with van der Waals surface area (Å²) >= 11 is 0. The third kappa shape index (κ3) is 2.82. The van der Waals surface area contributed by atoms with Crippen LogP contribution in [0.25, 0.3) is 0 Å². The molecule has 2 aliphatic rings. The van der Waals surface area contributed by atoms with Crippen molar-refractivity contribution in [3.05, 3.63) is 0 Å². The molecule has 1 aliphatic carbocycles. The Hall–Kier alpha value is -1.10. The highest BCUT2D eigenvalue weighted by atomic mass is 16.3. The smallest absolute Gasteiger partial charge is 0.325 e. The van der Waals surface area contributed by atoms with E-state index < -0.39 is 11.6 Å².